The van der Waals surface area contributed by atoms with Crippen molar-refractivity contribution in [2.45, 2.75) is 25.1 Å². The highest BCUT2D eigenvalue weighted by Crippen LogP contribution is 2.32. The van der Waals surface area contributed by atoms with Gasteiger partial charge in [-0.25, -0.2) is 0 Å². The summed E-state index contributed by atoms with van der Waals surface area (Å²) in [5.74, 6) is 1.03. The number of alkyl halides is 3. The number of halogens is 4. The monoisotopic (exact) mass is 491 g/mol. The lowest BCUT2D eigenvalue weighted by Gasteiger charge is -2.26. The Balaban J connectivity index is 0.00000261. The average molecular weight is 491 g/mol. The fourth-order valence-corrected chi connectivity index (χ4v) is 3.03. The first kappa shape index (κ1) is 21.3. The third-order valence-electron chi connectivity index (χ3n) is 4.27. The summed E-state index contributed by atoms with van der Waals surface area (Å²) in [5, 5.41) is 3.13. The third-order valence-corrected chi connectivity index (χ3v) is 4.27. The summed E-state index contributed by atoms with van der Waals surface area (Å²) in [7, 11) is 0. The van der Waals surface area contributed by atoms with E-state index in [1.54, 1.807) is 6.07 Å². The molecule has 4 nitrogen and oxygen atoms in total. The quantitative estimate of drug-likeness (QED) is 0.381. The zero-order chi connectivity index (χ0) is 18.6. The number of fused-ring (bicyclic) bond motifs is 1. The number of rotatable bonds is 4. The summed E-state index contributed by atoms with van der Waals surface area (Å²) in [4.78, 5) is 4.18. The van der Waals surface area contributed by atoms with Gasteiger partial charge < -0.3 is 15.8 Å². The van der Waals surface area contributed by atoms with Crippen molar-refractivity contribution >= 4 is 29.9 Å². The van der Waals surface area contributed by atoms with Gasteiger partial charge in [0.2, 0.25) is 0 Å². The molecule has 0 saturated carbocycles. The molecule has 0 aliphatic carbocycles. The Bertz CT molecular complexity index is 796. The van der Waals surface area contributed by atoms with Crippen LogP contribution in [0.1, 0.15) is 29.2 Å². The molecule has 0 bridgehead atoms. The standard InChI is InChI=1S/C19H20F3N3O.HI/c20-19(21,22)15-7-3-1-5-13(15)9-11-24-18(23)25-16-10-12-26-17-8-4-2-6-14(16)17;/h1-8,16H,9-12H2,(H3,23,24,25);1H. The Labute approximate surface area is 173 Å². The highest BCUT2D eigenvalue weighted by Gasteiger charge is 2.32. The molecule has 146 valence electrons. The molecule has 1 heterocycles. The summed E-state index contributed by atoms with van der Waals surface area (Å²) in [6.07, 6.45) is -3.46. The van der Waals surface area contributed by atoms with Crippen LogP contribution in [0.4, 0.5) is 13.2 Å². The smallest absolute Gasteiger partial charge is 0.416 e. The molecule has 0 fully saturated rings. The molecule has 2 aromatic rings. The molecule has 8 heteroatoms. The number of nitrogens with one attached hydrogen (secondary N) is 1. The number of ether oxygens (including phenoxy) is 1. The molecule has 2 aromatic carbocycles. The molecular weight excluding hydrogens is 470 g/mol. The van der Waals surface area contributed by atoms with Crippen LogP contribution < -0.4 is 15.8 Å². The number of nitrogens with zero attached hydrogens (tertiary/aromatic N) is 1. The lowest BCUT2D eigenvalue weighted by Crippen LogP contribution is -2.37. The van der Waals surface area contributed by atoms with Crippen molar-refractivity contribution in [2.24, 2.45) is 10.7 Å². The zero-order valence-electron chi connectivity index (χ0n) is 14.5. The second-order valence-corrected chi connectivity index (χ2v) is 6.04. The molecule has 3 rings (SSSR count). The fraction of sp³-hybridized carbons (Fsp3) is 0.316. The maximum absolute atomic E-state index is 13.0. The van der Waals surface area contributed by atoms with Crippen LogP contribution in [0.25, 0.3) is 0 Å². The normalized spacial score (nSPS) is 16.7. The predicted octanol–water partition coefficient (Wildman–Crippen LogP) is 4.29. The van der Waals surface area contributed by atoms with Gasteiger partial charge in [0.25, 0.3) is 0 Å². The van der Waals surface area contributed by atoms with Crippen molar-refractivity contribution in [3.05, 3.63) is 65.2 Å². The number of benzene rings is 2. The van der Waals surface area contributed by atoms with E-state index >= 15 is 0 Å². The van der Waals surface area contributed by atoms with Gasteiger partial charge in [-0.3, -0.25) is 4.99 Å². The molecule has 27 heavy (non-hydrogen) atoms. The van der Waals surface area contributed by atoms with Crippen LogP contribution in [-0.2, 0) is 12.6 Å². The van der Waals surface area contributed by atoms with Crippen LogP contribution in [0.3, 0.4) is 0 Å². The van der Waals surface area contributed by atoms with E-state index < -0.39 is 11.7 Å². The molecule has 1 unspecified atom stereocenters. The van der Waals surface area contributed by atoms with Gasteiger partial charge in [0.05, 0.1) is 18.2 Å². The van der Waals surface area contributed by atoms with E-state index in [1.807, 2.05) is 24.3 Å². The molecule has 0 aromatic heterocycles. The molecular formula is C19H21F3IN3O. The van der Waals surface area contributed by atoms with E-state index in [4.69, 9.17) is 10.5 Å². The zero-order valence-corrected chi connectivity index (χ0v) is 16.8. The van der Waals surface area contributed by atoms with Crippen LogP contribution in [-0.4, -0.2) is 19.1 Å². The Kier molecular flexibility index (Phi) is 7.34. The Morgan fingerprint density at radius 1 is 1.15 bits per heavy atom. The second-order valence-electron chi connectivity index (χ2n) is 6.04. The third kappa shape index (κ3) is 5.50. The molecule has 1 aliphatic rings. The fourth-order valence-electron chi connectivity index (χ4n) is 3.03. The highest BCUT2D eigenvalue weighted by molar-refractivity contribution is 14.0. The van der Waals surface area contributed by atoms with Crippen LogP contribution in [0.15, 0.2) is 53.5 Å². The van der Waals surface area contributed by atoms with Gasteiger partial charge in [-0.15, -0.1) is 24.0 Å². The summed E-state index contributed by atoms with van der Waals surface area (Å²) in [5.41, 5.74) is 6.52. The van der Waals surface area contributed by atoms with Crippen LogP contribution >= 0.6 is 24.0 Å². The van der Waals surface area contributed by atoms with E-state index in [0.29, 0.717) is 6.61 Å². The number of nitrogens with two attached hydrogens (primary N) is 1. The first-order chi connectivity index (χ1) is 12.4. The number of hydrogen-bond acceptors (Lipinski definition) is 2. The first-order valence-corrected chi connectivity index (χ1v) is 8.38. The molecule has 0 radical (unpaired) electrons. The van der Waals surface area contributed by atoms with Crippen LogP contribution in [0.2, 0.25) is 0 Å². The maximum atomic E-state index is 13.0. The van der Waals surface area contributed by atoms with E-state index in [1.165, 1.54) is 12.1 Å². The minimum atomic E-state index is -4.37. The van der Waals surface area contributed by atoms with Gasteiger partial charge >= 0.3 is 6.18 Å². The van der Waals surface area contributed by atoms with Crippen molar-refractivity contribution in [1.82, 2.24) is 5.32 Å². The SMILES string of the molecule is I.NC(=NCCc1ccccc1C(F)(F)F)NC1CCOc2ccccc21. The predicted molar refractivity (Wildman–Crippen MR) is 109 cm³/mol. The first-order valence-electron chi connectivity index (χ1n) is 8.38. The number of hydrogen-bond donors (Lipinski definition) is 2. The summed E-state index contributed by atoms with van der Waals surface area (Å²) in [6, 6.07) is 13.2. The van der Waals surface area contributed by atoms with Crippen LogP contribution in [0.5, 0.6) is 5.75 Å². The van der Waals surface area contributed by atoms with E-state index in [-0.39, 0.29) is 54.5 Å². The van der Waals surface area contributed by atoms with Crippen molar-refractivity contribution < 1.29 is 17.9 Å². The van der Waals surface area contributed by atoms with Gasteiger partial charge in [0, 0.05) is 18.5 Å². The molecule has 1 atom stereocenters. The lowest BCUT2D eigenvalue weighted by molar-refractivity contribution is -0.138. The van der Waals surface area contributed by atoms with Crippen molar-refractivity contribution in [1.29, 1.82) is 0 Å². The molecule has 3 N–H and O–H groups in total. The summed E-state index contributed by atoms with van der Waals surface area (Å²) < 4.78 is 44.6. The van der Waals surface area contributed by atoms with Crippen LogP contribution in [0, 0.1) is 0 Å². The average Bonchev–Trinajstić information content (AvgIpc) is 2.62. The molecule has 0 spiro atoms. The van der Waals surface area contributed by atoms with Crippen molar-refractivity contribution in [2.75, 3.05) is 13.2 Å². The lowest BCUT2D eigenvalue weighted by atomic mass is 10.0. The van der Waals surface area contributed by atoms with E-state index in [0.717, 1.165) is 23.8 Å². The van der Waals surface area contributed by atoms with Gasteiger partial charge in [-0.2, -0.15) is 13.2 Å². The number of para-hydroxylation sites is 1. The summed E-state index contributed by atoms with van der Waals surface area (Å²) >= 11 is 0. The topological polar surface area (TPSA) is 59.6 Å². The van der Waals surface area contributed by atoms with Crippen molar-refractivity contribution in [3.8, 4) is 5.75 Å². The van der Waals surface area contributed by atoms with Crippen molar-refractivity contribution in [3.63, 3.8) is 0 Å². The van der Waals surface area contributed by atoms with Gasteiger partial charge in [-0.1, -0.05) is 36.4 Å². The Morgan fingerprint density at radius 3 is 2.63 bits per heavy atom. The van der Waals surface area contributed by atoms with E-state index in [9.17, 15) is 13.2 Å². The van der Waals surface area contributed by atoms with Gasteiger partial charge in [-0.05, 0) is 24.1 Å². The molecule has 1 aliphatic heterocycles. The minimum absolute atomic E-state index is 0. The second kappa shape index (κ2) is 9.29. The maximum Gasteiger partial charge on any atom is 0.416 e. The number of aliphatic imine (C=N–C) groups is 1. The summed E-state index contributed by atoms with van der Waals surface area (Å²) in [6.45, 7) is 0.748. The number of guanidine groups is 1. The largest absolute Gasteiger partial charge is 0.493 e. The highest BCUT2D eigenvalue weighted by atomic mass is 127. The van der Waals surface area contributed by atoms with Gasteiger partial charge in [0.1, 0.15) is 5.75 Å². The minimum Gasteiger partial charge on any atom is -0.493 e. The Hall–Kier alpha value is -1.97. The van der Waals surface area contributed by atoms with E-state index in [2.05, 4.69) is 10.3 Å². The molecule has 0 saturated heterocycles. The molecule has 0 amide bonds. The van der Waals surface area contributed by atoms with Gasteiger partial charge in [0.15, 0.2) is 5.96 Å². The Morgan fingerprint density at radius 2 is 1.85 bits per heavy atom.